The normalized spacial score (nSPS) is 12.4. The molecule has 7 heteroatoms. The van der Waals surface area contributed by atoms with Crippen LogP contribution in [0.3, 0.4) is 0 Å². The van der Waals surface area contributed by atoms with Gasteiger partial charge in [0, 0.05) is 11.9 Å². The minimum Gasteiger partial charge on any atom is -0.358 e. The standard InChI is InChI=1S/C20H23N3O2S2/c1-10-8-7-9-15(11(10)2)23-19(25)16-12(3)13(4)26-18(16)22-20(23)27-14(5)17(24)21-6/h7-9,14H,1-6H3,(H,21,24). The van der Waals surface area contributed by atoms with E-state index in [0.29, 0.717) is 10.5 Å². The highest BCUT2D eigenvalue weighted by atomic mass is 32.2. The number of benzene rings is 1. The van der Waals surface area contributed by atoms with Gasteiger partial charge in [-0.3, -0.25) is 14.2 Å². The van der Waals surface area contributed by atoms with Crippen molar-refractivity contribution in [3.8, 4) is 5.69 Å². The van der Waals surface area contributed by atoms with E-state index < -0.39 is 0 Å². The zero-order valence-electron chi connectivity index (χ0n) is 16.3. The predicted molar refractivity (Wildman–Crippen MR) is 114 cm³/mol. The lowest BCUT2D eigenvalue weighted by Crippen LogP contribution is -2.29. The third kappa shape index (κ3) is 3.41. The van der Waals surface area contributed by atoms with E-state index in [1.165, 1.54) is 23.1 Å². The summed E-state index contributed by atoms with van der Waals surface area (Å²) >= 11 is 2.82. The lowest BCUT2D eigenvalue weighted by atomic mass is 10.1. The van der Waals surface area contributed by atoms with Crippen molar-refractivity contribution in [2.75, 3.05) is 7.05 Å². The van der Waals surface area contributed by atoms with E-state index in [2.05, 4.69) is 5.32 Å². The number of thiophene rings is 1. The molecule has 1 N–H and O–H groups in total. The molecule has 0 aliphatic rings. The van der Waals surface area contributed by atoms with Crippen molar-refractivity contribution in [1.29, 1.82) is 0 Å². The Balaban J connectivity index is 2.34. The molecule has 3 aromatic rings. The minimum absolute atomic E-state index is 0.0813. The fourth-order valence-corrected chi connectivity index (χ4v) is 5.01. The molecule has 0 spiro atoms. The number of hydrogen-bond acceptors (Lipinski definition) is 5. The van der Waals surface area contributed by atoms with Crippen LogP contribution in [0.4, 0.5) is 0 Å². The van der Waals surface area contributed by atoms with Crippen LogP contribution >= 0.6 is 23.1 Å². The van der Waals surface area contributed by atoms with Gasteiger partial charge in [0.05, 0.1) is 16.3 Å². The average molecular weight is 402 g/mol. The number of nitrogens with zero attached hydrogens (tertiary/aromatic N) is 2. The molecule has 0 saturated carbocycles. The first-order chi connectivity index (χ1) is 12.8. The summed E-state index contributed by atoms with van der Waals surface area (Å²) in [6.07, 6.45) is 0. The number of aryl methyl sites for hydroxylation is 3. The zero-order chi connectivity index (χ0) is 19.9. The number of rotatable bonds is 4. The van der Waals surface area contributed by atoms with Gasteiger partial charge in [0.2, 0.25) is 5.91 Å². The Bertz CT molecular complexity index is 1100. The number of amides is 1. The van der Waals surface area contributed by atoms with Crippen molar-refractivity contribution in [2.45, 2.75) is 45.0 Å². The summed E-state index contributed by atoms with van der Waals surface area (Å²) in [5.74, 6) is -0.0969. The van der Waals surface area contributed by atoms with Crippen molar-refractivity contribution in [2.24, 2.45) is 0 Å². The number of nitrogens with one attached hydrogen (secondary N) is 1. The fourth-order valence-electron chi connectivity index (χ4n) is 2.96. The molecule has 1 aromatic carbocycles. The number of fused-ring (bicyclic) bond motifs is 1. The summed E-state index contributed by atoms with van der Waals surface area (Å²) in [4.78, 5) is 32.1. The highest BCUT2D eigenvalue weighted by Crippen LogP contribution is 2.31. The largest absolute Gasteiger partial charge is 0.358 e. The minimum atomic E-state index is -0.363. The first-order valence-corrected chi connectivity index (χ1v) is 10.4. The molecule has 0 radical (unpaired) electrons. The maximum Gasteiger partial charge on any atom is 0.267 e. The van der Waals surface area contributed by atoms with Crippen molar-refractivity contribution in [3.63, 3.8) is 0 Å². The van der Waals surface area contributed by atoms with E-state index >= 15 is 0 Å². The van der Waals surface area contributed by atoms with E-state index in [-0.39, 0.29) is 16.7 Å². The van der Waals surface area contributed by atoms with Crippen molar-refractivity contribution in [3.05, 3.63) is 50.1 Å². The van der Waals surface area contributed by atoms with E-state index in [1.54, 1.807) is 11.6 Å². The Morgan fingerprint density at radius 1 is 1.22 bits per heavy atom. The second-order valence-corrected chi connectivity index (χ2v) is 9.10. The van der Waals surface area contributed by atoms with Gasteiger partial charge in [0.1, 0.15) is 4.83 Å². The molecular formula is C20H23N3O2S2. The van der Waals surface area contributed by atoms with Gasteiger partial charge in [-0.15, -0.1) is 11.3 Å². The Morgan fingerprint density at radius 2 is 1.93 bits per heavy atom. The first kappa shape index (κ1) is 19.6. The molecule has 0 aliphatic heterocycles. The zero-order valence-corrected chi connectivity index (χ0v) is 18.0. The summed E-state index contributed by atoms with van der Waals surface area (Å²) in [5.41, 5.74) is 3.83. The molecule has 1 amide bonds. The molecule has 2 aromatic heterocycles. The Kier molecular flexibility index (Phi) is 5.44. The second kappa shape index (κ2) is 7.48. The van der Waals surface area contributed by atoms with Gasteiger partial charge in [0.25, 0.3) is 5.56 Å². The second-order valence-electron chi connectivity index (χ2n) is 6.59. The fraction of sp³-hybridized carbons (Fsp3) is 0.350. The monoisotopic (exact) mass is 401 g/mol. The first-order valence-electron chi connectivity index (χ1n) is 8.73. The summed E-state index contributed by atoms with van der Waals surface area (Å²) < 4.78 is 1.66. The molecule has 0 bridgehead atoms. The Labute approximate surface area is 166 Å². The molecular weight excluding hydrogens is 378 g/mol. The number of carbonyl (C=O) groups is 1. The van der Waals surface area contributed by atoms with Crippen molar-refractivity contribution < 1.29 is 4.79 Å². The molecule has 27 heavy (non-hydrogen) atoms. The van der Waals surface area contributed by atoms with Crippen molar-refractivity contribution in [1.82, 2.24) is 14.9 Å². The molecule has 1 unspecified atom stereocenters. The molecule has 142 valence electrons. The molecule has 0 fully saturated rings. The third-order valence-electron chi connectivity index (χ3n) is 4.89. The number of aromatic nitrogens is 2. The molecule has 1 atom stereocenters. The quantitative estimate of drug-likeness (QED) is 0.532. The Morgan fingerprint density at radius 3 is 2.59 bits per heavy atom. The lowest BCUT2D eigenvalue weighted by Gasteiger charge is -2.17. The molecule has 0 saturated heterocycles. The highest BCUT2D eigenvalue weighted by molar-refractivity contribution is 8.00. The number of carbonyl (C=O) groups excluding carboxylic acids is 1. The van der Waals surface area contributed by atoms with E-state index in [1.807, 2.05) is 52.8 Å². The summed E-state index contributed by atoms with van der Waals surface area (Å²) in [7, 11) is 1.61. The predicted octanol–water partition coefficient (Wildman–Crippen LogP) is 3.91. The van der Waals surface area contributed by atoms with Crippen LogP contribution in [0.15, 0.2) is 28.2 Å². The summed E-state index contributed by atoms with van der Waals surface area (Å²) in [6, 6.07) is 5.90. The highest BCUT2D eigenvalue weighted by Gasteiger charge is 2.22. The SMILES string of the molecule is CNC(=O)C(C)Sc1nc2sc(C)c(C)c2c(=O)n1-c1cccc(C)c1C. The van der Waals surface area contributed by atoms with Crippen LogP contribution in [0, 0.1) is 27.7 Å². The Hall–Kier alpha value is -2.12. The van der Waals surface area contributed by atoms with Crippen LogP contribution in [0.1, 0.15) is 28.5 Å². The van der Waals surface area contributed by atoms with E-state index in [9.17, 15) is 9.59 Å². The van der Waals surface area contributed by atoms with E-state index in [4.69, 9.17) is 4.98 Å². The number of hydrogen-bond donors (Lipinski definition) is 1. The van der Waals surface area contributed by atoms with Crippen LogP contribution in [-0.2, 0) is 4.79 Å². The van der Waals surface area contributed by atoms with Gasteiger partial charge in [-0.1, -0.05) is 23.9 Å². The van der Waals surface area contributed by atoms with Gasteiger partial charge >= 0.3 is 0 Å². The van der Waals surface area contributed by atoms with Gasteiger partial charge in [-0.05, 0) is 57.4 Å². The molecule has 3 rings (SSSR count). The lowest BCUT2D eigenvalue weighted by molar-refractivity contribution is -0.119. The van der Waals surface area contributed by atoms with E-state index in [0.717, 1.165) is 32.1 Å². The number of thioether (sulfide) groups is 1. The van der Waals surface area contributed by atoms with Gasteiger partial charge in [-0.25, -0.2) is 4.98 Å². The van der Waals surface area contributed by atoms with Gasteiger partial charge < -0.3 is 5.32 Å². The smallest absolute Gasteiger partial charge is 0.267 e. The van der Waals surface area contributed by atoms with Gasteiger partial charge in [0.15, 0.2) is 5.16 Å². The topological polar surface area (TPSA) is 64.0 Å². The molecule has 0 aliphatic carbocycles. The third-order valence-corrected chi connectivity index (χ3v) is 7.04. The maximum absolute atomic E-state index is 13.5. The van der Waals surface area contributed by atoms with Crippen LogP contribution in [0.2, 0.25) is 0 Å². The summed E-state index contributed by atoms with van der Waals surface area (Å²) in [5, 5.41) is 3.50. The van der Waals surface area contributed by atoms with Gasteiger partial charge in [-0.2, -0.15) is 0 Å². The van der Waals surface area contributed by atoms with Crippen LogP contribution in [-0.4, -0.2) is 27.8 Å². The molecule has 5 nitrogen and oxygen atoms in total. The average Bonchev–Trinajstić information content (AvgIpc) is 2.91. The van der Waals surface area contributed by atoms with Crippen LogP contribution in [0.25, 0.3) is 15.9 Å². The van der Waals surface area contributed by atoms with Crippen LogP contribution in [0.5, 0.6) is 0 Å². The molecule has 2 heterocycles. The van der Waals surface area contributed by atoms with Crippen LogP contribution < -0.4 is 10.9 Å². The maximum atomic E-state index is 13.5. The van der Waals surface area contributed by atoms with Crippen molar-refractivity contribution >= 4 is 39.2 Å². The summed E-state index contributed by atoms with van der Waals surface area (Å²) in [6.45, 7) is 9.81.